The smallest absolute Gasteiger partial charge is 0.323 e. The number of amides is 1. The van der Waals surface area contributed by atoms with E-state index in [0.29, 0.717) is 11.1 Å². The largest absolute Gasteiger partial charge is 0.346 e. The SMILES string of the molecule is CCCN(CCC)C(=O)n1cnc(SCC(C)C)n1. The molecular formula is C13H24N4OS. The fourth-order valence-electron chi connectivity index (χ4n) is 1.64. The molecule has 0 atom stereocenters. The van der Waals surface area contributed by atoms with Gasteiger partial charge < -0.3 is 4.90 Å². The van der Waals surface area contributed by atoms with E-state index in [1.807, 2.05) is 4.90 Å². The van der Waals surface area contributed by atoms with E-state index in [4.69, 9.17) is 0 Å². The van der Waals surface area contributed by atoms with Gasteiger partial charge in [-0.05, 0) is 18.8 Å². The van der Waals surface area contributed by atoms with E-state index in [-0.39, 0.29) is 6.03 Å². The van der Waals surface area contributed by atoms with Crippen molar-refractivity contribution in [2.45, 2.75) is 45.7 Å². The molecule has 0 fully saturated rings. The summed E-state index contributed by atoms with van der Waals surface area (Å²) in [6.45, 7) is 9.98. The fraction of sp³-hybridized carbons (Fsp3) is 0.769. The summed E-state index contributed by atoms with van der Waals surface area (Å²) >= 11 is 1.59. The van der Waals surface area contributed by atoms with Crippen molar-refractivity contribution >= 4 is 17.8 Å². The summed E-state index contributed by atoms with van der Waals surface area (Å²) in [5.74, 6) is 1.55. The van der Waals surface area contributed by atoms with E-state index in [1.165, 1.54) is 11.0 Å². The van der Waals surface area contributed by atoms with E-state index < -0.39 is 0 Å². The normalized spacial score (nSPS) is 11.0. The second-order valence-corrected chi connectivity index (χ2v) is 5.93. The Morgan fingerprint density at radius 3 is 2.53 bits per heavy atom. The van der Waals surface area contributed by atoms with Crippen LogP contribution in [0.1, 0.15) is 40.5 Å². The predicted octanol–water partition coefficient (Wildman–Crippen LogP) is 3.12. The molecule has 0 aliphatic heterocycles. The predicted molar refractivity (Wildman–Crippen MR) is 78.5 cm³/mol. The molecule has 0 unspecified atom stereocenters. The second-order valence-electron chi connectivity index (χ2n) is 4.95. The Labute approximate surface area is 119 Å². The van der Waals surface area contributed by atoms with Crippen LogP contribution in [0.25, 0.3) is 0 Å². The summed E-state index contributed by atoms with van der Waals surface area (Å²) in [4.78, 5) is 18.3. The van der Waals surface area contributed by atoms with Crippen LogP contribution in [0.2, 0.25) is 0 Å². The highest BCUT2D eigenvalue weighted by atomic mass is 32.2. The third kappa shape index (κ3) is 5.22. The Bertz CT molecular complexity index is 386. The van der Waals surface area contributed by atoms with Crippen LogP contribution in [0, 0.1) is 5.92 Å². The van der Waals surface area contributed by atoms with Crippen LogP contribution in [-0.2, 0) is 0 Å². The molecule has 1 amide bonds. The van der Waals surface area contributed by atoms with Crippen LogP contribution in [0.15, 0.2) is 11.5 Å². The van der Waals surface area contributed by atoms with Crippen molar-refractivity contribution in [2.24, 2.45) is 5.92 Å². The maximum atomic E-state index is 12.3. The minimum atomic E-state index is -0.0763. The Morgan fingerprint density at radius 2 is 2.00 bits per heavy atom. The maximum absolute atomic E-state index is 12.3. The Kier molecular flexibility index (Phi) is 6.91. The van der Waals surface area contributed by atoms with Crippen LogP contribution >= 0.6 is 11.8 Å². The molecule has 0 N–H and O–H groups in total. The molecule has 1 aromatic heterocycles. The van der Waals surface area contributed by atoms with Gasteiger partial charge in [-0.2, -0.15) is 4.68 Å². The molecule has 1 heterocycles. The summed E-state index contributed by atoms with van der Waals surface area (Å²) in [6, 6.07) is -0.0763. The standard InChI is InChI=1S/C13H24N4OS/c1-5-7-16(8-6-2)13(18)17-10-14-12(15-17)19-9-11(3)4/h10-11H,5-9H2,1-4H3. The van der Waals surface area contributed by atoms with Gasteiger partial charge in [-0.15, -0.1) is 5.10 Å². The van der Waals surface area contributed by atoms with Gasteiger partial charge in [-0.25, -0.2) is 9.78 Å². The maximum Gasteiger partial charge on any atom is 0.346 e. The van der Waals surface area contributed by atoms with Gasteiger partial charge in [0.25, 0.3) is 0 Å². The molecule has 1 aromatic rings. The Morgan fingerprint density at radius 1 is 1.37 bits per heavy atom. The van der Waals surface area contributed by atoms with Gasteiger partial charge in [0.2, 0.25) is 5.16 Å². The van der Waals surface area contributed by atoms with Crippen molar-refractivity contribution in [3.8, 4) is 0 Å². The van der Waals surface area contributed by atoms with Crippen molar-refractivity contribution < 1.29 is 4.79 Å². The minimum Gasteiger partial charge on any atom is -0.323 e. The zero-order valence-corrected chi connectivity index (χ0v) is 13.1. The van der Waals surface area contributed by atoms with Gasteiger partial charge in [-0.1, -0.05) is 39.5 Å². The zero-order chi connectivity index (χ0) is 14.3. The van der Waals surface area contributed by atoms with Gasteiger partial charge in [0.1, 0.15) is 6.33 Å². The molecule has 108 valence electrons. The number of nitrogens with zero attached hydrogens (tertiary/aromatic N) is 4. The summed E-state index contributed by atoms with van der Waals surface area (Å²) < 4.78 is 1.36. The average Bonchev–Trinajstić information content (AvgIpc) is 2.84. The zero-order valence-electron chi connectivity index (χ0n) is 12.3. The highest BCUT2D eigenvalue weighted by Crippen LogP contribution is 2.15. The molecular weight excluding hydrogens is 260 g/mol. The minimum absolute atomic E-state index is 0.0763. The molecule has 0 spiro atoms. The van der Waals surface area contributed by atoms with Gasteiger partial charge in [0, 0.05) is 18.8 Å². The van der Waals surface area contributed by atoms with Gasteiger partial charge >= 0.3 is 6.03 Å². The lowest BCUT2D eigenvalue weighted by atomic mass is 10.3. The molecule has 5 nitrogen and oxygen atoms in total. The molecule has 6 heteroatoms. The van der Waals surface area contributed by atoms with Gasteiger partial charge in [0.05, 0.1) is 0 Å². The van der Waals surface area contributed by atoms with Crippen molar-refractivity contribution in [3.63, 3.8) is 0 Å². The first-order chi connectivity index (χ1) is 9.08. The molecule has 0 saturated carbocycles. The number of carbonyl (C=O) groups is 1. The van der Waals surface area contributed by atoms with E-state index >= 15 is 0 Å². The van der Waals surface area contributed by atoms with Crippen LogP contribution in [0.5, 0.6) is 0 Å². The lowest BCUT2D eigenvalue weighted by molar-refractivity contribution is 0.196. The third-order valence-corrected chi connectivity index (χ3v) is 3.75. The number of rotatable bonds is 7. The summed E-state index contributed by atoms with van der Waals surface area (Å²) in [7, 11) is 0. The van der Waals surface area contributed by atoms with Crippen molar-refractivity contribution in [1.82, 2.24) is 19.7 Å². The summed E-state index contributed by atoms with van der Waals surface area (Å²) in [5, 5.41) is 4.92. The van der Waals surface area contributed by atoms with E-state index in [2.05, 4.69) is 37.8 Å². The first-order valence-corrected chi connectivity index (χ1v) is 7.90. The molecule has 0 saturated heterocycles. The molecule has 1 rings (SSSR count). The summed E-state index contributed by atoms with van der Waals surface area (Å²) in [6.07, 6.45) is 3.42. The highest BCUT2D eigenvalue weighted by Gasteiger charge is 2.16. The first-order valence-electron chi connectivity index (χ1n) is 6.92. The van der Waals surface area contributed by atoms with Crippen LogP contribution in [0.4, 0.5) is 4.79 Å². The molecule has 0 radical (unpaired) electrons. The lowest BCUT2D eigenvalue weighted by Crippen LogP contribution is -2.36. The lowest BCUT2D eigenvalue weighted by Gasteiger charge is -2.20. The van der Waals surface area contributed by atoms with Crippen molar-refractivity contribution in [2.75, 3.05) is 18.8 Å². The highest BCUT2D eigenvalue weighted by molar-refractivity contribution is 7.99. The van der Waals surface area contributed by atoms with Crippen molar-refractivity contribution in [3.05, 3.63) is 6.33 Å². The first kappa shape index (κ1) is 16.0. The number of hydrogen-bond acceptors (Lipinski definition) is 4. The Balaban J connectivity index is 2.65. The fourth-order valence-corrected chi connectivity index (χ4v) is 2.38. The Hall–Kier alpha value is -1.04. The number of thioether (sulfide) groups is 1. The van der Waals surface area contributed by atoms with Crippen molar-refractivity contribution in [1.29, 1.82) is 0 Å². The second kappa shape index (κ2) is 8.19. The number of hydrogen-bond donors (Lipinski definition) is 0. The average molecular weight is 284 g/mol. The number of carbonyl (C=O) groups excluding carboxylic acids is 1. The quantitative estimate of drug-likeness (QED) is 0.722. The van der Waals surface area contributed by atoms with Crippen LogP contribution in [0.3, 0.4) is 0 Å². The molecule has 0 bridgehead atoms. The van der Waals surface area contributed by atoms with E-state index in [9.17, 15) is 4.79 Å². The molecule has 19 heavy (non-hydrogen) atoms. The monoisotopic (exact) mass is 284 g/mol. The molecule has 0 aliphatic rings. The summed E-state index contributed by atoms with van der Waals surface area (Å²) in [5.41, 5.74) is 0. The van der Waals surface area contributed by atoms with E-state index in [1.54, 1.807) is 11.8 Å². The van der Waals surface area contributed by atoms with E-state index in [0.717, 1.165) is 31.7 Å². The van der Waals surface area contributed by atoms with Gasteiger partial charge in [0.15, 0.2) is 0 Å². The molecule has 0 aliphatic carbocycles. The molecule has 0 aromatic carbocycles. The third-order valence-electron chi connectivity index (χ3n) is 2.47. The number of aromatic nitrogens is 3. The van der Waals surface area contributed by atoms with Crippen LogP contribution < -0.4 is 0 Å². The van der Waals surface area contributed by atoms with Crippen LogP contribution in [-0.4, -0.2) is 44.5 Å². The topological polar surface area (TPSA) is 51.0 Å². The van der Waals surface area contributed by atoms with Gasteiger partial charge in [-0.3, -0.25) is 0 Å².